The molecule has 0 aliphatic rings. The van der Waals surface area contributed by atoms with E-state index in [1.54, 1.807) is 0 Å². The molecule has 2 aromatic carbocycles. The molecule has 0 aromatic heterocycles. The monoisotopic (exact) mass is 195 g/mol. The molecule has 0 bridgehead atoms. The number of aryl methyl sites for hydroxylation is 3. The minimum atomic E-state index is 1.26. The van der Waals surface area contributed by atoms with Crippen LogP contribution < -0.4 is 0 Å². The van der Waals surface area contributed by atoms with Crippen LogP contribution in [-0.2, 0) is 0 Å². The van der Waals surface area contributed by atoms with Crippen molar-refractivity contribution in [1.29, 1.82) is 0 Å². The molecule has 0 aliphatic carbocycles. The van der Waals surface area contributed by atoms with Crippen LogP contribution >= 0.6 is 0 Å². The van der Waals surface area contributed by atoms with Gasteiger partial charge in [0.1, 0.15) is 0 Å². The summed E-state index contributed by atoms with van der Waals surface area (Å²) in [7, 11) is 0. The third-order valence-corrected chi connectivity index (χ3v) is 2.67. The fourth-order valence-corrected chi connectivity index (χ4v) is 2.18. The molecule has 1 radical (unpaired) electrons. The van der Waals surface area contributed by atoms with Gasteiger partial charge in [0.15, 0.2) is 0 Å². The van der Waals surface area contributed by atoms with E-state index in [0.717, 1.165) is 0 Å². The molecule has 0 heterocycles. The minimum absolute atomic E-state index is 1.26. The van der Waals surface area contributed by atoms with Crippen LogP contribution in [0.3, 0.4) is 0 Å². The van der Waals surface area contributed by atoms with Crippen molar-refractivity contribution in [3.8, 4) is 11.1 Å². The molecule has 0 unspecified atom stereocenters. The Morgan fingerprint density at radius 3 is 2.20 bits per heavy atom. The number of benzene rings is 2. The highest BCUT2D eigenvalue weighted by Crippen LogP contribution is 2.27. The molecule has 75 valence electrons. The highest BCUT2D eigenvalue weighted by molar-refractivity contribution is 5.71. The SMILES string of the molecule is Cc1cc(C)c(-c2c[c]ccc2)c(C)c1. The van der Waals surface area contributed by atoms with Crippen LogP contribution in [0.1, 0.15) is 16.7 Å². The zero-order valence-electron chi connectivity index (χ0n) is 9.46. The van der Waals surface area contributed by atoms with Crippen molar-refractivity contribution in [1.82, 2.24) is 0 Å². The second kappa shape index (κ2) is 3.90. The third kappa shape index (κ3) is 1.94. The summed E-state index contributed by atoms with van der Waals surface area (Å²) in [5.74, 6) is 0. The Morgan fingerprint density at radius 2 is 1.67 bits per heavy atom. The molecule has 15 heavy (non-hydrogen) atoms. The molecule has 0 saturated carbocycles. The lowest BCUT2D eigenvalue weighted by molar-refractivity contribution is 1.32. The van der Waals surface area contributed by atoms with E-state index in [2.05, 4.69) is 45.0 Å². The normalized spacial score (nSPS) is 10.3. The maximum Gasteiger partial charge on any atom is -0.0125 e. The van der Waals surface area contributed by atoms with Gasteiger partial charge in [-0.05, 0) is 55.2 Å². The zero-order valence-corrected chi connectivity index (χ0v) is 9.46. The maximum absolute atomic E-state index is 3.13. The van der Waals surface area contributed by atoms with Crippen molar-refractivity contribution in [3.05, 3.63) is 59.2 Å². The summed E-state index contributed by atoms with van der Waals surface area (Å²) in [6, 6.07) is 15.7. The first-order chi connectivity index (χ1) is 7.18. The van der Waals surface area contributed by atoms with Crippen molar-refractivity contribution in [2.45, 2.75) is 20.8 Å². The second-order valence-electron chi connectivity index (χ2n) is 4.07. The second-order valence-corrected chi connectivity index (χ2v) is 4.07. The van der Waals surface area contributed by atoms with Gasteiger partial charge in [0.25, 0.3) is 0 Å². The first kappa shape index (κ1) is 9.97. The summed E-state index contributed by atoms with van der Waals surface area (Å²) in [6.07, 6.45) is 0. The first-order valence-electron chi connectivity index (χ1n) is 5.23. The maximum atomic E-state index is 3.13. The smallest absolute Gasteiger partial charge is 0.0125 e. The Balaban J connectivity index is 2.64. The van der Waals surface area contributed by atoms with E-state index in [9.17, 15) is 0 Å². The van der Waals surface area contributed by atoms with E-state index in [0.29, 0.717) is 0 Å². The highest BCUT2D eigenvalue weighted by atomic mass is 14.1. The molecule has 2 rings (SSSR count). The van der Waals surface area contributed by atoms with E-state index in [-0.39, 0.29) is 0 Å². The Labute approximate surface area is 91.6 Å². The fourth-order valence-electron chi connectivity index (χ4n) is 2.18. The van der Waals surface area contributed by atoms with Gasteiger partial charge in [-0.15, -0.1) is 0 Å². The Bertz CT molecular complexity index is 444. The summed E-state index contributed by atoms with van der Waals surface area (Å²) >= 11 is 0. The lowest BCUT2D eigenvalue weighted by Crippen LogP contribution is -1.89. The first-order valence-corrected chi connectivity index (χ1v) is 5.23. The predicted molar refractivity (Wildman–Crippen MR) is 64.9 cm³/mol. The molecular formula is C15H15. The molecule has 0 atom stereocenters. The van der Waals surface area contributed by atoms with Gasteiger partial charge in [0, 0.05) is 0 Å². The number of hydrogen-bond acceptors (Lipinski definition) is 0. The summed E-state index contributed by atoms with van der Waals surface area (Å²) in [5, 5.41) is 0. The van der Waals surface area contributed by atoms with Crippen molar-refractivity contribution in [2.24, 2.45) is 0 Å². The van der Waals surface area contributed by atoms with Crippen molar-refractivity contribution in [2.75, 3.05) is 0 Å². The van der Waals surface area contributed by atoms with Crippen LogP contribution in [0.5, 0.6) is 0 Å². The molecule has 2 aromatic rings. The molecule has 0 amide bonds. The largest absolute Gasteiger partial charge is 0.0610 e. The van der Waals surface area contributed by atoms with Crippen molar-refractivity contribution in [3.63, 3.8) is 0 Å². The van der Waals surface area contributed by atoms with E-state index < -0.39 is 0 Å². The van der Waals surface area contributed by atoms with Crippen LogP contribution in [0.2, 0.25) is 0 Å². The lowest BCUT2D eigenvalue weighted by atomic mass is 9.94. The highest BCUT2D eigenvalue weighted by Gasteiger charge is 2.05. The molecule has 0 nitrogen and oxygen atoms in total. The van der Waals surface area contributed by atoms with Crippen LogP contribution in [-0.4, -0.2) is 0 Å². The topological polar surface area (TPSA) is 0 Å². The van der Waals surface area contributed by atoms with Gasteiger partial charge in [-0.3, -0.25) is 0 Å². The van der Waals surface area contributed by atoms with Crippen molar-refractivity contribution < 1.29 is 0 Å². The number of hydrogen-bond donors (Lipinski definition) is 0. The van der Waals surface area contributed by atoms with Gasteiger partial charge >= 0.3 is 0 Å². The summed E-state index contributed by atoms with van der Waals surface area (Å²) in [6.45, 7) is 6.48. The number of rotatable bonds is 1. The summed E-state index contributed by atoms with van der Waals surface area (Å²) in [4.78, 5) is 0. The van der Waals surface area contributed by atoms with Crippen molar-refractivity contribution >= 4 is 0 Å². The van der Waals surface area contributed by atoms with Crippen LogP contribution in [0.25, 0.3) is 11.1 Å². The average molecular weight is 195 g/mol. The third-order valence-electron chi connectivity index (χ3n) is 2.67. The fraction of sp³-hybridized carbons (Fsp3) is 0.200. The van der Waals surface area contributed by atoms with Crippen LogP contribution in [0, 0.1) is 26.8 Å². The quantitative estimate of drug-likeness (QED) is 0.643. The Kier molecular flexibility index (Phi) is 2.59. The van der Waals surface area contributed by atoms with Gasteiger partial charge in [0.05, 0.1) is 0 Å². The van der Waals surface area contributed by atoms with Crippen LogP contribution in [0.15, 0.2) is 36.4 Å². The Morgan fingerprint density at radius 1 is 1.00 bits per heavy atom. The zero-order chi connectivity index (χ0) is 10.8. The molecule has 0 aliphatic heterocycles. The van der Waals surface area contributed by atoms with E-state index in [4.69, 9.17) is 0 Å². The van der Waals surface area contributed by atoms with E-state index in [1.165, 1.54) is 27.8 Å². The molecule has 0 saturated heterocycles. The van der Waals surface area contributed by atoms with Gasteiger partial charge < -0.3 is 0 Å². The van der Waals surface area contributed by atoms with Crippen LogP contribution in [0.4, 0.5) is 0 Å². The molecular weight excluding hydrogens is 180 g/mol. The van der Waals surface area contributed by atoms with Gasteiger partial charge in [-0.1, -0.05) is 35.9 Å². The molecule has 0 fully saturated rings. The summed E-state index contributed by atoms with van der Waals surface area (Å²) < 4.78 is 0. The average Bonchev–Trinajstić information content (AvgIpc) is 2.17. The van der Waals surface area contributed by atoms with Gasteiger partial charge in [-0.25, -0.2) is 0 Å². The molecule has 0 heteroatoms. The predicted octanol–water partition coefficient (Wildman–Crippen LogP) is 4.08. The summed E-state index contributed by atoms with van der Waals surface area (Å²) in [5.41, 5.74) is 6.61. The molecule has 0 spiro atoms. The van der Waals surface area contributed by atoms with Gasteiger partial charge in [0.2, 0.25) is 0 Å². The van der Waals surface area contributed by atoms with Gasteiger partial charge in [-0.2, -0.15) is 0 Å². The minimum Gasteiger partial charge on any atom is -0.0610 e. The van der Waals surface area contributed by atoms with E-state index >= 15 is 0 Å². The van der Waals surface area contributed by atoms with E-state index in [1.807, 2.05) is 18.2 Å². The lowest BCUT2D eigenvalue weighted by Gasteiger charge is -2.11. The molecule has 0 N–H and O–H groups in total. The standard InChI is InChI=1S/C15H15/c1-11-9-12(2)15(13(3)10-11)14-7-5-4-6-8-14/h4-5,7-10H,1-3H3. The Hall–Kier alpha value is -1.56.